The fourth-order valence-corrected chi connectivity index (χ4v) is 2.32. The molecule has 1 aromatic carbocycles. The molecule has 1 rings (SSSR count). The maximum absolute atomic E-state index is 12.2. The van der Waals surface area contributed by atoms with Gasteiger partial charge in [0.15, 0.2) is 5.78 Å². The normalized spacial score (nSPS) is 13.7. The van der Waals surface area contributed by atoms with Gasteiger partial charge in [0.2, 0.25) is 0 Å². The molecule has 0 saturated heterocycles. The Bertz CT molecular complexity index is 525. The van der Waals surface area contributed by atoms with Gasteiger partial charge in [-0.3, -0.25) is 9.59 Å². The predicted octanol–water partition coefficient (Wildman–Crippen LogP) is 3.28. The first-order valence-corrected chi connectivity index (χ1v) is 7.20. The third-order valence-corrected chi connectivity index (χ3v) is 4.04. The van der Waals surface area contributed by atoms with E-state index in [9.17, 15) is 9.59 Å². The molecule has 20 heavy (non-hydrogen) atoms. The second-order valence-corrected chi connectivity index (χ2v) is 5.63. The fraction of sp³-hybridized carbons (Fsp3) is 0.385. The van der Waals surface area contributed by atoms with E-state index in [1.807, 2.05) is 0 Å². The van der Waals surface area contributed by atoms with E-state index >= 15 is 0 Å². The molecule has 1 aromatic rings. The van der Waals surface area contributed by atoms with Crippen molar-refractivity contribution in [3.05, 3.63) is 27.7 Å². The molecule has 0 heterocycles. The number of anilines is 1. The van der Waals surface area contributed by atoms with Crippen molar-refractivity contribution in [3.63, 3.8) is 0 Å². The summed E-state index contributed by atoms with van der Waals surface area (Å²) in [6, 6.07) is 2.80. The third kappa shape index (κ3) is 3.57. The lowest BCUT2D eigenvalue weighted by Crippen LogP contribution is -2.52. The number of benzene rings is 1. The molecule has 0 saturated carbocycles. The van der Waals surface area contributed by atoms with Gasteiger partial charge in [-0.15, -0.1) is 11.6 Å². The summed E-state index contributed by atoms with van der Waals surface area (Å²) in [5, 5.41) is 3.02. The lowest BCUT2D eigenvalue weighted by molar-refractivity contribution is -0.122. The molecule has 0 fully saturated rings. The predicted molar refractivity (Wildman–Crippen MR) is 82.8 cm³/mol. The zero-order valence-corrected chi connectivity index (χ0v) is 13.4. The molecule has 0 spiro atoms. The van der Waals surface area contributed by atoms with E-state index in [-0.39, 0.29) is 33.0 Å². The summed E-state index contributed by atoms with van der Waals surface area (Å²) in [7, 11) is 0. The van der Waals surface area contributed by atoms with Crippen LogP contribution in [0.1, 0.15) is 30.6 Å². The highest BCUT2D eigenvalue weighted by atomic mass is 35.5. The molecule has 0 aliphatic carbocycles. The van der Waals surface area contributed by atoms with E-state index in [4.69, 9.17) is 40.5 Å². The number of nitrogen functional groups attached to an aromatic ring is 1. The molecule has 1 unspecified atom stereocenters. The van der Waals surface area contributed by atoms with Crippen LogP contribution < -0.4 is 11.1 Å². The number of alkyl halides is 1. The first-order chi connectivity index (χ1) is 9.25. The molecule has 0 aromatic heterocycles. The minimum atomic E-state index is -1.03. The number of carbonyl (C=O) groups excluding carboxylic acids is 2. The van der Waals surface area contributed by atoms with Crippen molar-refractivity contribution in [2.45, 2.75) is 25.8 Å². The Morgan fingerprint density at radius 1 is 1.30 bits per heavy atom. The van der Waals surface area contributed by atoms with Crippen molar-refractivity contribution < 1.29 is 9.59 Å². The number of amides is 1. The molecule has 0 bridgehead atoms. The lowest BCUT2D eigenvalue weighted by atomic mass is 9.93. The van der Waals surface area contributed by atoms with Crippen LogP contribution >= 0.6 is 34.8 Å². The van der Waals surface area contributed by atoms with Crippen molar-refractivity contribution in [1.82, 2.24) is 5.32 Å². The Labute approximate surface area is 132 Å². The summed E-state index contributed by atoms with van der Waals surface area (Å²) >= 11 is 17.3. The topological polar surface area (TPSA) is 72.2 Å². The van der Waals surface area contributed by atoms with Crippen molar-refractivity contribution in [2.24, 2.45) is 0 Å². The van der Waals surface area contributed by atoms with E-state index < -0.39 is 11.4 Å². The van der Waals surface area contributed by atoms with Gasteiger partial charge in [-0.2, -0.15) is 0 Å². The van der Waals surface area contributed by atoms with Gasteiger partial charge in [-0.05, 0) is 25.5 Å². The molecule has 4 nitrogen and oxygen atoms in total. The minimum absolute atomic E-state index is 0.173. The molecule has 7 heteroatoms. The monoisotopic (exact) mass is 336 g/mol. The number of halogens is 3. The number of hydrogen-bond acceptors (Lipinski definition) is 3. The van der Waals surface area contributed by atoms with Gasteiger partial charge in [-0.25, -0.2) is 0 Å². The number of ketones is 1. The van der Waals surface area contributed by atoms with E-state index in [1.54, 1.807) is 13.8 Å². The second kappa shape index (κ2) is 6.66. The number of hydrogen-bond donors (Lipinski definition) is 2. The molecule has 1 amide bonds. The van der Waals surface area contributed by atoms with E-state index in [2.05, 4.69) is 5.32 Å². The quantitative estimate of drug-likeness (QED) is 0.640. The summed E-state index contributed by atoms with van der Waals surface area (Å²) in [4.78, 5) is 24.0. The molecule has 0 radical (unpaired) electrons. The SMILES string of the molecule is CCC(C)(NC(=O)c1cc(Cl)c(N)c(Cl)c1)C(=O)CCl. The number of nitrogens with one attached hydrogen (secondary N) is 1. The van der Waals surface area contributed by atoms with Crippen LogP contribution in [0.5, 0.6) is 0 Å². The average Bonchev–Trinajstić information content (AvgIpc) is 2.42. The highest BCUT2D eigenvalue weighted by Crippen LogP contribution is 2.29. The standard InChI is InChI=1S/C13H15Cl3N2O2/c1-3-13(2,10(19)6-14)18-12(20)7-4-8(15)11(17)9(16)5-7/h4-5H,3,6,17H2,1-2H3,(H,18,20). The van der Waals surface area contributed by atoms with Crippen molar-refractivity contribution in [3.8, 4) is 0 Å². The number of rotatable bonds is 5. The van der Waals surface area contributed by atoms with E-state index in [0.717, 1.165) is 0 Å². The van der Waals surface area contributed by atoms with Gasteiger partial charge in [0.05, 0.1) is 27.2 Å². The van der Waals surface area contributed by atoms with Gasteiger partial charge < -0.3 is 11.1 Å². The fourth-order valence-electron chi connectivity index (χ4n) is 1.54. The van der Waals surface area contributed by atoms with Crippen LogP contribution in [-0.4, -0.2) is 23.1 Å². The van der Waals surface area contributed by atoms with Crippen molar-refractivity contribution in [2.75, 3.05) is 11.6 Å². The van der Waals surface area contributed by atoms with Crippen LogP contribution in [0.4, 0.5) is 5.69 Å². The highest BCUT2D eigenvalue weighted by Gasteiger charge is 2.32. The maximum atomic E-state index is 12.2. The Kier molecular flexibility index (Phi) is 5.68. The smallest absolute Gasteiger partial charge is 0.252 e. The Morgan fingerprint density at radius 3 is 2.20 bits per heavy atom. The Morgan fingerprint density at radius 2 is 1.80 bits per heavy atom. The molecular weight excluding hydrogens is 323 g/mol. The molecule has 3 N–H and O–H groups in total. The van der Waals surface area contributed by atoms with Crippen LogP contribution in [0, 0.1) is 0 Å². The highest BCUT2D eigenvalue weighted by molar-refractivity contribution is 6.39. The first-order valence-electron chi connectivity index (χ1n) is 5.91. The average molecular weight is 338 g/mol. The summed E-state index contributed by atoms with van der Waals surface area (Å²) in [6.07, 6.45) is 0.417. The Hall–Kier alpha value is -0.970. The van der Waals surface area contributed by atoms with Gasteiger partial charge in [-0.1, -0.05) is 30.1 Å². The van der Waals surface area contributed by atoms with Crippen LogP contribution in [-0.2, 0) is 4.79 Å². The first kappa shape index (κ1) is 17.1. The van der Waals surface area contributed by atoms with Crippen LogP contribution in [0.2, 0.25) is 10.0 Å². The van der Waals surface area contributed by atoms with E-state index in [1.165, 1.54) is 12.1 Å². The maximum Gasteiger partial charge on any atom is 0.252 e. The summed E-state index contributed by atoms with van der Waals surface area (Å²) in [5.41, 5.74) is 5.02. The van der Waals surface area contributed by atoms with Crippen LogP contribution in [0.25, 0.3) is 0 Å². The summed E-state index contributed by atoms with van der Waals surface area (Å²) in [5.74, 6) is -0.896. The van der Waals surface area contributed by atoms with Gasteiger partial charge >= 0.3 is 0 Å². The largest absolute Gasteiger partial charge is 0.396 e. The molecular formula is C13H15Cl3N2O2. The minimum Gasteiger partial charge on any atom is -0.396 e. The molecule has 1 atom stereocenters. The van der Waals surface area contributed by atoms with E-state index in [0.29, 0.717) is 6.42 Å². The van der Waals surface area contributed by atoms with Crippen molar-refractivity contribution in [1.29, 1.82) is 0 Å². The Balaban J connectivity index is 3.05. The third-order valence-electron chi connectivity index (χ3n) is 3.17. The lowest BCUT2D eigenvalue weighted by Gasteiger charge is -2.27. The zero-order valence-electron chi connectivity index (χ0n) is 11.1. The van der Waals surface area contributed by atoms with Gasteiger partial charge in [0.1, 0.15) is 0 Å². The molecule has 110 valence electrons. The summed E-state index contributed by atoms with van der Waals surface area (Å²) in [6.45, 7) is 3.41. The number of Topliss-reactive ketones (excluding diaryl/α,β-unsaturated/α-hetero) is 1. The number of carbonyl (C=O) groups is 2. The van der Waals surface area contributed by atoms with Gasteiger partial charge in [0.25, 0.3) is 5.91 Å². The van der Waals surface area contributed by atoms with Gasteiger partial charge in [0, 0.05) is 5.56 Å². The van der Waals surface area contributed by atoms with Crippen molar-refractivity contribution >= 4 is 52.2 Å². The summed E-state index contributed by atoms with van der Waals surface area (Å²) < 4.78 is 0. The van der Waals surface area contributed by atoms with Crippen LogP contribution in [0.3, 0.4) is 0 Å². The second-order valence-electron chi connectivity index (χ2n) is 4.55. The zero-order chi connectivity index (χ0) is 15.5. The number of nitrogens with two attached hydrogens (primary N) is 1. The molecule has 0 aliphatic heterocycles. The molecule has 0 aliphatic rings. The van der Waals surface area contributed by atoms with Crippen LogP contribution in [0.15, 0.2) is 12.1 Å².